The molecule has 168 valence electrons. The van der Waals surface area contributed by atoms with Crippen molar-refractivity contribution in [3.05, 3.63) is 65.9 Å². The summed E-state index contributed by atoms with van der Waals surface area (Å²) in [6.45, 7) is 5.41. The highest BCUT2D eigenvalue weighted by Gasteiger charge is 2.27. The van der Waals surface area contributed by atoms with E-state index in [1.54, 1.807) is 20.9 Å². The summed E-state index contributed by atoms with van der Waals surface area (Å²) in [4.78, 5) is 42.6. The molecule has 2 aromatic carbocycles. The van der Waals surface area contributed by atoms with Crippen molar-refractivity contribution in [2.24, 2.45) is 5.92 Å². The Hall–Kier alpha value is -3.61. The van der Waals surface area contributed by atoms with Crippen LogP contribution < -0.4 is 10.6 Å². The number of rotatable bonds is 8. The first kappa shape index (κ1) is 23.1. The van der Waals surface area contributed by atoms with Crippen molar-refractivity contribution >= 4 is 34.3 Å². The summed E-state index contributed by atoms with van der Waals surface area (Å²) in [5.74, 6) is -1.09. The first-order chi connectivity index (χ1) is 15.2. The lowest BCUT2D eigenvalue weighted by Gasteiger charge is -2.25. The van der Waals surface area contributed by atoms with Crippen LogP contribution >= 0.6 is 0 Å². The van der Waals surface area contributed by atoms with Gasteiger partial charge in [0.2, 0.25) is 17.7 Å². The predicted molar refractivity (Wildman–Crippen MR) is 126 cm³/mol. The maximum atomic E-state index is 13.2. The Kier molecular flexibility index (Phi) is 7.30. The summed E-state index contributed by atoms with van der Waals surface area (Å²) in [5.41, 5.74) is 3.66. The number of aryl methyl sites for hydroxylation is 1. The van der Waals surface area contributed by atoms with Gasteiger partial charge in [-0.15, -0.1) is 0 Å². The summed E-state index contributed by atoms with van der Waals surface area (Å²) in [5, 5.41) is 6.65. The maximum absolute atomic E-state index is 13.2. The van der Waals surface area contributed by atoms with E-state index in [-0.39, 0.29) is 30.2 Å². The maximum Gasteiger partial charge on any atom is 0.245 e. The van der Waals surface area contributed by atoms with Gasteiger partial charge in [-0.2, -0.15) is 0 Å². The largest absolute Gasteiger partial charge is 0.361 e. The van der Waals surface area contributed by atoms with E-state index in [0.717, 1.165) is 22.0 Å². The van der Waals surface area contributed by atoms with Crippen LogP contribution in [0.5, 0.6) is 0 Å². The number of hydrogen-bond acceptors (Lipinski definition) is 3. The van der Waals surface area contributed by atoms with Gasteiger partial charge in [0.15, 0.2) is 0 Å². The molecular formula is C25H30N4O3. The number of carbonyl (C=O) groups excluding carboxylic acids is 3. The molecule has 1 unspecified atom stereocenters. The van der Waals surface area contributed by atoms with Gasteiger partial charge in [0.1, 0.15) is 6.04 Å². The molecular weight excluding hydrogens is 404 g/mol. The molecule has 0 aliphatic carbocycles. The zero-order valence-electron chi connectivity index (χ0n) is 18.9. The van der Waals surface area contributed by atoms with E-state index in [9.17, 15) is 14.4 Å². The molecule has 7 nitrogen and oxygen atoms in total. The van der Waals surface area contributed by atoms with Crippen LogP contribution in [0.3, 0.4) is 0 Å². The van der Waals surface area contributed by atoms with Crippen LogP contribution in [0.2, 0.25) is 0 Å². The average molecular weight is 435 g/mol. The third kappa shape index (κ3) is 5.75. The smallest absolute Gasteiger partial charge is 0.245 e. The van der Waals surface area contributed by atoms with Gasteiger partial charge in [0.25, 0.3) is 0 Å². The summed E-state index contributed by atoms with van der Waals surface area (Å²) >= 11 is 0. The first-order valence-electron chi connectivity index (χ1n) is 10.7. The monoisotopic (exact) mass is 434 g/mol. The van der Waals surface area contributed by atoms with Crippen LogP contribution in [-0.4, -0.2) is 47.2 Å². The van der Waals surface area contributed by atoms with Gasteiger partial charge in [-0.25, -0.2) is 0 Å². The van der Waals surface area contributed by atoms with E-state index in [1.165, 1.54) is 4.90 Å². The van der Waals surface area contributed by atoms with Crippen LogP contribution in [0.15, 0.2) is 54.7 Å². The molecule has 32 heavy (non-hydrogen) atoms. The molecule has 0 spiro atoms. The Morgan fingerprint density at radius 2 is 1.72 bits per heavy atom. The molecule has 0 aliphatic rings. The molecule has 7 heteroatoms. The molecule has 0 radical (unpaired) electrons. The van der Waals surface area contributed by atoms with Crippen molar-refractivity contribution in [2.45, 2.75) is 33.2 Å². The standard InChI is InChI=1S/C25H30N4O3/c1-16(2)24(31)28-22(13-18-14-26-21-8-6-5-7-20(18)21)25(32)29(4)15-23(30)27-19-11-9-17(3)10-12-19/h5-12,14,16,22,26H,13,15H2,1-4H3,(H,27,30)(H,28,31). The van der Waals surface area contributed by atoms with Crippen molar-refractivity contribution in [1.82, 2.24) is 15.2 Å². The Morgan fingerprint density at radius 1 is 1.03 bits per heavy atom. The van der Waals surface area contributed by atoms with Crippen LogP contribution in [0.25, 0.3) is 10.9 Å². The van der Waals surface area contributed by atoms with Crippen molar-refractivity contribution in [3.8, 4) is 0 Å². The molecule has 0 fully saturated rings. The normalized spacial score (nSPS) is 11.9. The Bertz CT molecular complexity index is 1100. The van der Waals surface area contributed by atoms with Crippen LogP contribution in [0.1, 0.15) is 25.0 Å². The lowest BCUT2D eigenvalue weighted by atomic mass is 10.0. The number of likely N-dealkylation sites (N-methyl/N-ethyl adjacent to an activating group) is 1. The van der Waals surface area contributed by atoms with Gasteiger partial charge in [-0.05, 0) is 30.7 Å². The fraction of sp³-hybridized carbons (Fsp3) is 0.320. The van der Waals surface area contributed by atoms with Crippen molar-refractivity contribution in [3.63, 3.8) is 0 Å². The second-order valence-electron chi connectivity index (χ2n) is 8.39. The summed E-state index contributed by atoms with van der Waals surface area (Å²) < 4.78 is 0. The van der Waals surface area contributed by atoms with Crippen LogP contribution in [0, 0.1) is 12.8 Å². The van der Waals surface area contributed by atoms with E-state index in [0.29, 0.717) is 12.1 Å². The zero-order valence-corrected chi connectivity index (χ0v) is 18.9. The SMILES string of the molecule is Cc1ccc(NC(=O)CN(C)C(=O)C(Cc2c[nH]c3ccccc23)NC(=O)C(C)C)cc1. The molecule has 3 aromatic rings. The quantitative estimate of drug-likeness (QED) is 0.508. The fourth-order valence-corrected chi connectivity index (χ4v) is 3.46. The molecule has 3 N–H and O–H groups in total. The lowest BCUT2D eigenvalue weighted by Crippen LogP contribution is -2.51. The Balaban J connectivity index is 1.72. The van der Waals surface area contributed by atoms with E-state index < -0.39 is 6.04 Å². The second kappa shape index (κ2) is 10.1. The number of benzene rings is 2. The van der Waals surface area contributed by atoms with Gasteiger partial charge >= 0.3 is 0 Å². The minimum atomic E-state index is -0.777. The third-order valence-electron chi connectivity index (χ3n) is 5.33. The number of para-hydroxylation sites is 1. The molecule has 1 aromatic heterocycles. The molecule has 0 aliphatic heterocycles. The molecule has 0 bridgehead atoms. The number of H-pyrrole nitrogens is 1. The Morgan fingerprint density at radius 3 is 2.41 bits per heavy atom. The number of hydrogen-bond donors (Lipinski definition) is 3. The first-order valence-corrected chi connectivity index (χ1v) is 10.7. The number of anilines is 1. The fourth-order valence-electron chi connectivity index (χ4n) is 3.46. The average Bonchev–Trinajstić information content (AvgIpc) is 3.17. The molecule has 1 heterocycles. The van der Waals surface area contributed by atoms with Gasteiger partial charge in [-0.1, -0.05) is 49.7 Å². The third-order valence-corrected chi connectivity index (χ3v) is 5.33. The van der Waals surface area contributed by atoms with Gasteiger partial charge in [0, 0.05) is 42.2 Å². The zero-order chi connectivity index (χ0) is 23.3. The van der Waals surface area contributed by atoms with Gasteiger partial charge in [-0.3, -0.25) is 14.4 Å². The lowest BCUT2D eigenvalue weighted by molar-refractivity contribution is -0.137. The summed E-state index contributed by atoms with van der Waals surface area (Å²) in [6.07, 6.45) is 2.18. The van der Waals surface area contributed by atoms with E-state index in [2.05, 4.69) is 15.6 Å². The van der Waals surface area contributed by atoms with E-state index in [4.69, 9.17) is 0 Å². The molecule has 0 saturated carbocycles. The van der Waals surface area contributed by atoms with Crippen molar-refractivity contribution in [1.29, 1.82) is 0 Å². The van der Waals surface area contributed by atoms with E-state index in [1.807, 2.05) is 61.7 Å². The minimum Gasteiger partial charge on any atom is -0.361 e. The number of aromatic amines is 1. The number of amides is 3. The van der Waals surface area contributed by atoms with E-state index >= 15 is 0 Å². The van der Waals surface area contributed by atoms with Crippen LogP contribution in [0.4, 0.5) is 5.69 Å². The highest BCUT2D eigenvalue weighted by atomic mass is 16.2. The van der Waals surface area contributed by atoms with Gasteiger partial charge < -0.3 is 20.5 Å². The predicted octanol–water partition coefficient (Wildman–Crippen LogP) is 3.26. The molecule has 1 atom stereocenters. The number of nitrogens with zero attached hydrogens (tertiary/aromatic N) is 1. The topological polar surface area (TPSA) is 94.3 Å². The number of carbonyl (C=O) groups is 3. The number of aromatic nitrogens is 1. The second-order valence-corrected chi connectivity index (χ2v) is 8.39. The highest BCUT2D eigenvalue weighted by molar-refractivity contribution is 5.96. The Labute approximate surface area is 188 Å². The van der Waals surface area contributed by atoms with Gasteiger partial charge in [0.05, 0.1) is 6.54 Å². The number of nitrogens with one attached hydrogen (secondary N) is 3. The molecule has 0 saturated heterocycles. The summed E-state index contributed by atoms with van der Waals surface area (Å²) in [7, 11) is 1.57. The van der Waals surface area contributed by atoms with Crippen LogP contribution in [-0.2, 0) is 20.8 Å². The molecule has 3 amide bonds. The van der Waals surface area contributed by atoms with Crippen molar-refractivity contribution in [2.75, 3.05) is 18.9 Å². The highest BCUT2D eigenvalue weighted by Crippen LogP contribution is 2.20. The summed E-state index contributed by atoms with van der Waals surface area (Å²) in [6, 6.07) is 14.5. The molecule has 3 rings (SSSR count). The minimum absolute atomic E-state index is 0.116. The van der Waals surface area contributed by atoms with Crippen molar-refractivity contribution < 1.29 is 14.4 Å². The number of fused-ring (bicyclic) bond motifs is 1.